The lowest BCUT2D eigenvalue weighted by Crippen LogP contribution is -2.36. The molecular formula is C35H37Cl2F2N5O6. The molecule has 1 aliphatic rings. The minimum absolute atomic E-state index is 0. The lowest BCUT2D eigenvalue weighted by atomic mass is 10.0. The Bertz CT molecular complexity index is 1830. The van der Waals surface area contributed by atoms with Gasteiger partial charge < -0.3 is 24.7 Å². The van der Waals surface area contributed by atoms with E-state index in [9.17, 15) is 28.0 Å². The number of aromatic carboxylic acids is 1. The molecule has 0 saturated carbocycles. The Hall–Kier alpha value is -4.87. The molecule has 15 heteroatoms. The van der Waals surface area contributed by atoms with Crippen LogP contribution < -0.4 is 5.73 Å². The number of ether oxygens (including phenoxy) is 1. The summed E-state index contributed by atoms with van der Waals surface area (Å²) in [4.78, 5) is 51.0. The SMILES string of the molecule is Cl.Cn1cc(N)cc1C(=O)CCCN1CCOCC1.O=C(Cl)c1ccc(F)cc1F.[C-]#[N+]c1ccc(C(=O)Cc2cc(C(=O)O)n(C)c2)cc1. The molecule has 50 heavy (non-hydrogen) atoms. The third-order valence-corrected chi connectivity index (χ3v) is 7.60. The Morgan fingerprint density at radius 2 is 1.58 bits per heavy atom. The molecule has 0 unspecified atom stereocenters. The average molecular weight is 733 g/mol. The molecule has 0 spiro atoms. The Morgan fingerprint density at radius 1 is 0.940 bits per heavy atom. The first-order valence-electron chi connectivity index (χ1n) is 15.1. The second-order valence-electron chi connectivity index (χ2n) is 11.1. The number of nitrogens with two attached hydrogens (primary N) is 1. The van der Waals surface area contributed by atoms with Crippen LogP contribution in [0.3, 0.4) is 0 Å². The van der Waals surface area contributed by atoms with E-state index in [1.807, 2.05) is 7.05 Å². The molecule has 5 rings (SSSR count). The van der Waals surface area contributed by atoms with Crippen LogP contribution >= 0.6 is 24.0 Å². The van der Waals surface area contributed by atoms with Gasteiger partial charge in [0.25, 0.3) is 5.24 Å². The molecule has 0 amide bonds. The van der Waals surface area contributed by atoms with E-state index in [0.29, 0.717) is 40.7 Å². The number of anilines is 1. The number of carbonyl (C=O) groups excluding carboxylic acids is 3. The lowest BCUT2D eigenvalue weighted by molar-refractivity contribution is 0.0371. The first kappa shape index (κ1) is 41.3. The number of carboxylic acids is 1. The number of ketones is 2. The Balaban J connectivity index is 0.000000268. The van der Waals surface area contributed by atoms with Gasteiger partial charge >= 0.3 is 5.97 Å². The largest absolute Gasteiger partial charge is 0.477 e. The number of nitrogen functional groups attached to an aromatic ring is 1. The summed E-state index contributed by atoms with van der Waals surface area (Å²) < 4.78 is 33.3. The van der Waals surface area contributed by atoms with Crippen molar-refractivity contribution in [3.8, 4) is 0 Å². The topological polar surface area (TPSA) is 141 Å². The molecule has 0 aliphatic carbocycles. The third kappa shape index (κ3) is 12.5. The van der Waals surface area contributed by atoms with E-state index in [1.165, 1.54) is 10.6 Å². The molecule has 11 nitrogen and oxygen atoms in total. The minimum Gasteiger partial charge on any atom is -0.477 e. The van der Waals surface area contributed by atoms with E-state index in [0.717, 1.165) is 51.4 Å². The van der Waals surface area contributed by atoms with Gasteiger partial charge in [-0.05, 0) is 54.4 Å². The zero-order valence-electron chi connectivity index (χ0n) is 27.4. The molecule has 2 aromatic carbocycles. The number of rotatable bonds is 10. The highest BCUT2D eigenvalue weighted by molar-refractivity contribution is 6.67. The zero-order valence-corrected chi connectivity index (χ0v) is 29.0. The predicted octanol–water partition coefficient (Wildman–Crippen LogP) is 6.37. The Kier molecular flexibility index (Phi) is 16.5. The molecule has 266 valence electrons. The number of nitrogens with zero attached hydrogens (tertiary/aromatic N) is 4. The fourth-order valence-corrected chi connectivity index (χ4v) is 5.04. The number of hydrogen-bond donors (Lipinski definition) is 2. The third-order valence-electron chi connectivity index (χ3n) is 7.40. The highest BCUT2D eigenvalue weighted by atomic mass is 35.5. The minimum atomic E-state index is -1.02. The molecular weight excluding hydrogens is 695 g/mol. The van der Waals surface area contributed by atoms with Crippen molar-refractivity contribution in [1.29, 1.82) is 0 Å². The average Bonchev–Trinajstić information content (AvgIpc) is 3.61. The van der Waals surface area contributed by atoms with Gasteiger partial charge in [-0.1, -0.05) is 24.3 Å². The van der Waals surface area contributed by atoms with Crippen molar-refractivity contribution >= 4 is 58.2 Å². The lowest BCUT2D eigenvalue weighted by Gasteiger charge is -2.26. The van der Waals surface area contributed by atoms with Crippen LogP contribution in [0.5, 0.6) is 0 Å². The summed E-state index contributed by atoms with van der Waals surface area (Å²) in [5.74, 6) is -2.63. The molecule has 0 atom stereocenters. The number of carbonyl (C=O) groups is 4. The molecule has 0 radical (unpaired) electrons. The maximum Gasteiger partial charge on any atom is 0.352 e. The molecule has 4 aromatic rings. The second kappa shape index (κ2) is 20.0. The van der Waals surface area contributed by atoms with Crippen molar-refractivity contribution in [3.63, 3.8) is 0 Å². The number of carboxylic acid groups (broad SMARTS) is 1. The summed E-state index contributed by atoms with van der Waals surface area (Å²) in [6.07, 6.45) is 5.01. The van der Waals surface area contributed by atoms with Crippen LogP contribution in [0.15, 0.2) is 67.0 Å². The zero-order chi connectivity index (χ0) is 36.1. The maximum atomic E-state index is 12.6. The van der Waals surface area contributed by atoms with Crippen molar-refractivity contribution in [2.75, 3.05) is 38.6 Å². The van der Waals surface area contributed by atoms with Gasteiger partial charge in [0, 0.05) is 64.1 Å². The monoisotopic (exact) mass is 731 g/mol. The standard InChI is InChI=1S/C15H12N2O3.C13H21N3O2.C7H3ClF2O.ClH/c1-16-12-5-3-11(4-6-12)14(18)8-10-7-13(15(19)20)17(2)9-10;1-15-10-11(14)9-12(15)13(17)3-2-4-16-5-7-18-8-6-16;8-7(11)5-2-1-4(9)3-6(5)10;/h3-7,9H,8H2,2H3,(H,19,20);9-10H,2-8,14H2,1H3;1-3H;1H. The highest BCUT2D eigenvalue weighted by Crippen LogP contribution is 2.16. The van der Waals surface area contributed by atoms with E-state index in [2.05, 4.69) is 9.74 Å². The van der Waals surface area contributed by atoms with Gasteiger partial charge in [0.1, 0.15) is 17.3 Å². The van der Waals surface area contributed by atoms with Gasteiger partial charge in [-0.3, -0.25) is 19.3 Å². The molecule has 1 aliphatic heterocycles. The Labute approximate surface area is 299 Å². The fraction of sp³-hybridized carbons (Fsp3) is 0.286. The number of aromatic nitrogens is 2. The fourth-order valence-electron chi connectivity index (χ4n) is 4.88. The highest BCUT2D eigenvalue weighted by Gasteiger charge is 2.15. The molecule has 3 heterocycles. The first-order valence-corrected chi connectivity index (χ1v) is 15.5. The first-order chi connectivity index (χ1) is 23.3. The molecule has 2 aromatic heterocycles. The van der Waals surface area contributed by atoms with Crippen LogP contribution in [-0.4, -0.2) is 74.8 Å². The summed E-state index contributed by atoms with van der Waals surface area (Å²) >= 11 is 4.96. The summed E-state index contributed by atoms with van der Waals surface area (Å²) in [6, 6.07) is 12.2. The Morgan fingerprint density at radius 3 is 2.10 bits per heavy atom. The summed E-state index contributed by atoms with van der Waals surface area (Å²) in [5, 5.41) is 8.03. The van der Waals surface area contributed by atoms with Crippen molar-refractivity contribution < 1.29 is 37.8 Å². The van der Waals surface area contributed by atoms with Crippen LogP contribution in [0.4, 0.5) is 20.2 Å². The van der Waals surface area contributed by atoms with Crippen LogP contribution in [-0.2, 0) is 25.3 Å². The number of hydrogen-bond acceptors (Lipinski definition) is 7. The molecule has 1 saturated heterocycles. The maximum absolute atomic E-state index is 12.6. The summed E-state index contributed by atoms with van der Waals surface area (Å²) in [5.41, 5.74) is 8.51. The molecule has 0 bridgehead atoms. The number of benzene rings is 2. The van der Waals surface area contributed by atoms with E-state index in [-0.39, 0.29) is 41.7 Å². The van der Waals surface area contributed by atoms with Gasteiger partial charge in [0.2, 0.25) is 0 Å². The smallest absolute Gasteiger partial charge is 0.352 e. The van der Waals surface area contributed by atoms with Gasteiger partial charge in [0.05, 0.1) is 36.7 Å². The van der Waals surface area contributed by atoms with Crippen LogP contribution in [0.1, 0.15) is 60.1 Å². The quantitative estimate of drug-likeness (QED) is 0.109. The predicted molar refractivity (Wildman–Crippen MR) is 188 cm³/mol. The van der Waals surface area contributed by atoms with Crippen molar-refractivity contribution in [2.24, 2.45) is 14.1 Å². The van der Waals surface area contributed by atoms with Crippen molar-refractivity contribution in [2.45, 2.75) is 19.3 Å². The van der Waals surface area contributed by atoms with E-state index in [1.54, 1.807) is 54.3 Å². The molecule has 3 N–H and O–H groups in total. The van der Waals surface area contributed by atoms with E-state index < -0.39 is 22.8 Å². The second-order valence-corrected chi connectivity index (χ2v) is 11.4. The normalized spacial score (nSPS) is 12.2. The van der Waals surface area contributed by atoms with E-state index in [4.69, 9.17) is 33.8 Å². The van der Waals surface area contributed by atoms with Crippen LogP contribution in [0.2, 0.25) is 0 Å². The number of aryl methyl sites for hydroxylation is 2. The van der Waals surface area contributed by atoms with Gasteiger partial charge in [-0.2, -0.15) is 0 Å². The molecule has 1 fully saturated rings. The van der Waals surface area contributed by atoms with Gasteiger partial charge in [-0.15, -0.1) is 12.4 Å². The summed E-state index contributed by atoms with van der Waals surface area (Å²) in [7, 11) is 3.48. The summed E-state index contributed by atoms with van der Waals surface area (Å²) in [6.45, 7) is 11.4. The van der Waals surface area contributed by atoms with Crippen molar-refractivity contribution in [3.05, 3.63) is 118 Å². The van der Waals surface area contributed by atoms with Crippen LogP contribution in [0, 0.1) is 18.2 Å². The van der Waals surface area contributed by atoms with E-state index >= 15 is 0 Å². The number of halogens is 4. The number of morpholine rings is 1. The van der Waals surface area contributed by atoms with Gasteiger partial charge in [-0.25, -0.2) is 18.4 Å². The number of Topliss-reactive ketones (excluding diaryl/α,β-unsaturated/α-hetero) is 2. The van der Waals surface area contributed by atoms with Crippen molar-refractivity contribution in [1.82, 2.24) is 14.0 Å². The van der Waals surface area contributed by atoms with Gasteiger partial charge in [0.15, 0.2) is 17.3 Å². The van der Waals surface area contributed by atoms with Crippen LogP contribution in [0.25, 0.3) is 4.85 Å².